The lowest BCUT2D eigenvalue weighted by Gasteiger charge is -2.34. The third-order valence-electron chi connectivity index (χ3n) is 12.9. The molecule has 67 heavy (non-hydrogen) atoms. The second kappa shape index (κ2) is 16.9. The molecule has 2 heterocycles. The van der Waals surface area contributed by atoms with Crippen LogP contribution < -0.4 is 0 Å². The lowest BCUT2D eigenvalue weighted by Crippen LogP contribution is -2.28. The first-order valence-electron chi connectivity index (χ1n) is 22.6. The number of benzene rings is 9. The summed E-state index contributed by atoms with van der Waals surface area (Å²) in [6.07, 6.45) is 1.63. The molecule has 0 unspecified atom stereocenters. The van der Waals surface area contributed by atoms with Crippen molar-refractivity contribution in [3.8, 4) is 90.1 Å². The second-order valence-electron chi connectivity index (χ2n) is 16.8. The molecule has 0 aliphatic heterocycles. The fraction of sp³-hybridized carbons (Fsp3) is 0.0161. The number of aromatic nitrogens is 5. The van der Waals surface area contributed by atoms with Crippen molar-refractivity contribution >= 4 is 0 Å². The summed E-state index contributed by atoms with van der Waals surface area (Å²) in [7, 11) is 0. The average molecular weight is 856 g/mol. The van der Waals surface area contributed by atoms with Crippen molar-refractivity contribution in [2.75, 3.05) is 0 Å². The Morgan fingerprint density at radius 2 is 0.687 bits per heavy atom. The van der Waals surface area contributed by atoms with Crippen molar-refractivity contribution in [3.63, 3.8) is 0 Å². The number of rotatable bonds is 9. The Morgan fingerprint density at radius 3 is 1.22 bits per heavy atom. The minimum Gasteiger partial charge on any atom is -0.228 e. The Morgan fingerprint density at radius 1 is 0.254 bits per heavy atom. The summed E-state index contributed by atoms with van der Waals surface area (Å²) < 4.78 is 0. The average Bonchev–Trinajstić information content (AvgIpc) is 3.72. The van der Waals surface area contributed by atoms with Gasteiger partial charge in [-0.3, -0.25) is 0 Å². The maximum atomic E-state index is 5.44. The van der Waals surface area contributed by atoms with E-state index in [0.29, 0.717) is 17.5 Å². The van der Waals surface area contributed by atoms with Gasteiger partial charge in [0.1, 0.15) is 6.33 Å². The normalized spacial score (nSPS) is 12.3. The van der Waals surface area contributed by atoms with Crippen LogP contribution in [-0.2, 0) is 5.41 Å². The molecular formula is C62H41N5. The van der Waals surface area contributed by atoms with Crippen LogP contribution >= 0.6 is 0 Å². The summed E-state index contributed by atoms with van der Waals surface area (Å²) in [6.45, 7) is 0. The molecule has 5 nitrogen and oxygen atoms in total. The van der Waals surface area contributed by atoms with Crippen LogP contribution in [0.15, 0.2) is 249 Å². The zero-order valence-corrected chi connectivity index (χ0v) is 36.4. The third-order valence-corrected chi connectivity index (χ3v) is 12.9. The maximum Gasteiger partial charge on any atom is 0.164 e. The van der Waals surface area contributed by atoms with E-state index < -0.39 is 5.41 Å². The highest BCUT2D eigenvalue weighted by Crippen LogP contribution is 2.57. The molecule has 1 aliphatic carbocycles. The van der Waals surface area contributed by atoms with Gasteiger partial charge < -0.3 is 0 Å². The standard InChI is InChI=1S/C62H41N5/c1-7-21-42(22-8-1)46-35-47(43-23-9-2-10-24-43)37-48(36-46)59-63-41-64-60(67-59)53-38-52-51-33-19-20-34-55(51)62(49-29-15-5-16-30-49,50-31-17-6-18-32-50)56(52)39-54(53)61-65-57(44-25-11-3-12-26-44)40-58(66-61)45-27-13-4-14-28-45/h1-41H. The van der Waals surface area contributed by atoms with Gasteiger partial charge in [0.15, 0.2) is 17.5 Å². The van der Waals surface area contributed by atoms with E-state index in [9.17, 15) is 0 Å². The number of fused-ring (bicyclic) bond motifs is 3. The minimum absolute atomic E-state index is 0.526. The van der Waals surface area contributed by atoms with E-state index in [1.165, 1.54) is 16.7 Å². The first-order chi connectivity index (χ1) is 33.2. The Labute approximate surface area is 389 Å². The molecule has 0 saturated heterocycles. The maximum absolute atomic E-state index is 5.44. The van der Waals surface area contributed by atoms with Crippen LogP contribution in [0.4, 0.5) is 0 Å². The molecule has 0 N–H and O–H groups in total. The summed E-state index contributed by atoms with van der Waals surface area (Å²) in [5.41, 5.74) is 16.8. The van der Waals surface area contributed by atoms with Crippen molar-refractivity contribution in [1.82, 2.24) is 24.9 Å². The predicted octanol–water partition coefficient (Wildman–Crippen LogP) is 14.7. The molecule has 314 valence electrons. The van der Waals surface area contributed by atoms with Crippen LogP contribution in [0.2, 0.25) is 0 Å². The number of nitrogens with zero attached hydrogens (tertiary/aromatic N) is 5. The number of hydrogen-bond acceptors (Lipinski definition) is 5. The molecule has 12 rings (SSSR count). The molecule has 0 amide bonds. The van der Waals surface area contributed by atoms with Crippen LogP contribution in [0.3, 0.4) is 0 Å². The van der Waals surface area contributed by atoms with Gasteiger partial charge in [-0.2, -0.15) is 0 Å². The van der Waals surface area contributed by atoms with E-state index in [-0.39, 0.29) is 0 Å². The minimum atomic E-state index is -0.656. The molecular weight excluding hydrogens is 815 g/mol. The highest BCUT2D eigenvalue weighted by molar-refractivity contribution is 5.93. The van der Waals surface area contributed by atoms with Gasteiger partial charge in [-0.15, -0.1) is 0 Å². The first kappa shape index (κ1) is 39.6. The molecule has 2 aromatic heterocycles. The fourth-order valence-corrected chi connectivity index (χ4v) is 9.86. The molecule has 0 bridgehead atoms. The molecule has 0 spiro atoms. The molecule has 0 saturated carbocycles. The molecule has 0 atom stereocenters. The third kappa shape index (κ3) is 7.11. The second-order valence-corrected chi connectivity index (χ2v) is 16.8. The fourth-order valence-electron chi connectivity index (χ4n) is 9.86. The summed E-state index contributed by atoms with van der Waals surface area (Å²) >= 11 is 0. The van der Waals surface area contributed by atoms with Crippen LogP contribution in [0, 0.1) is 0 Å². The van der Waals surface area contributed by atoms with Crippen molar-refractivity contribution < 1.29 is 0 Å². The summed E-state index contributed by atoms with van der Waals surface area (Å²) in [6, 6.07) is 85.3. The molecule has 9 aromatic carbocycles. The van der Waals surface area contributed by atoms with Crippen molar-refractivity contribution in [3.05, 3.63) is 271 Å². The summed E-state index contributed by atoms with van der Waals surface area (Å²) in [5, 5.41) is 0. The van der Waals surface area contributed by atoms with Crippen molar-refractivity contribution in [2.45, 2.75) is 5.41 Å². The van der Waals surface area contributed by atoms with Gasteiger partial charge in [-0.25, -0.2) is 24.9 Å². The van der Waals surface area contributed by atoms with Gasteiger partial charge in [0, 0.05) is 27.8 Å². The largest absolute Gasteiger partial charge is 0.228 e. The van der Waals surface area contributed by atoms with Gasteiger partial charge in [0.25, 0.3) is 0 Å². The molecule has 0 radical (unpaired) electrons. The Kier molecular flexibility index (Phi) is 9.99. The lowest BCUT2D eigenvalue weighted by molar-refractivity contribution is 0.768. The van der Waals surface area contributed by atoms with E-state index >= 15 is 0 Å². The van der Waals surface area contributed by atoms with Crippen LogP contribution in [0.25, 0.3) is 90.1 Å². The zero-order valence-electron chi connectivity index (χ0n) is 36.4. The Bertz CT molecular complexity index is 3390. The summed E-state index contributed by atoms with van der Waals surface area (Å²) in [5.74, 6) is 1.67. The van der Waals surface area contributed by atoms with Gasteiger partial charge in [-0.05, 0) is 92.0 Å². The zero-order chi connectivity index (χ0) is 44.6. The smallest absolute Gasteiger partial charge is 0.164 e. The number of hydrogen-bond donors (Lipinski definition) is 0. The van der Waals surface area contributed by atoms with Gasteiger partial charge in [0.05, 0.1) is 16.8 Å². The monoisotopic (exact) mass is 855 g/mol. The van der Waals surface area contributed by atoms with E-state index in [0.717, 1.165) is 78.1 Å². The van der Waals surface area contributed by atoms with E-state index in [2.05, 4.69) is 194 Å². The SMILES string of the molecule is c1ccc(-c2cc(-c3ccccc3)cc(-c3ncnc(-c4cc5c(cc4-c4nc(-c6ccccc6)cc(-c6ccccc6)n4)C(c4ccccc4)(c4ccccc4)c4ccccc4-5)n3)c2)cc1. The van der Waals surface area contributed by atoms with Gasteiger partial charge >= 0.3 is 0 Å². The van der Waals surface area contributed by atoms with Crippen molar-refractivity contribution in [2.24, 2.45) is 0 Å². The first-order valence-corrected chi connectivity index (χ1v) is 22.6. The van der Waals surface area contributed by atoms with Crippen molar-refractivity contribution in [1.29, 1.82) is 0 Å². The van der Waals surface area contributed by atoms with Gasteiger partial charge in [-0.1, -0.05) is 206 Å². The van der Waals surface area contributed by atoms with Crippen LogP contribution in [-0.4, -0.2) is 24.9 Å². The summed E-state index contributed by atoms with van der Waals surface area (Å²) in [4.78, 5) is 26.1. The quantitative estimate of drug-likeness (QED) is 0.145. The van der Waals surface area contributed by atoms with E-state index in [1.807, 2.05) is 48.5 Å². The lowest BCUT2D eigenvalue weighted by atomic mass is 9.67. The molecule has 0 fully saturated rings. The highest BCUT2D eigenvalue weighted by Gasteiger charge is 2.46. The highest BCUT2D eigenvalue weighted by atomic mass is 15.0. The Hall–Kier alpha value is -8.93. The van der Waals surface area contributed by atoms with Gasteiger partial charge in [0.2, 0.25) is 0 Å². The predicted molar refractivity (Wildman–Crippen MR) is 271 cm³/mol. The molecule has 11 aromatic rings. The Balaban J connectivity index is 1.15. The van der Waals surface area contributed by atoms with E-state index in [4.69, 9.17) is 24.9 Å². The van der Waals surface area contributed by atoms with E-state index in [1.54, 1.807) is 6.33 Å². The van der Waals surface area contributed by atoms with Crippen LogP contribution in [0.5, 0.6) is 0 Å². The molecule has 1 aliphatic rings. The molecule has 5 heteroatoms. The topological polar surface area (TPSA) is 64.5 Å². The van der Waals surface area contributed by atoms with Crippen LogP contribution in [0.1, 0.15) is 22.3 Å².